The van der Waals surface area contributed by atoms with Gasteiger partial charge in [0.1, 0.15) is 0 Å². The lowest BCUT2D eigenvalue weighted by molar-refractivity contribution is 0.269. The largest absolute Gasteiger partial charge is 0.314 e. The number of hydrogen-bond acceptors (Lipinski definition) is 2. The summed E-state index contributed by atoms with van der Waals surface area (Å²) in [7, 11) is 2.25. The molecule has 2 heteroatoms. The van der Waals surface area contributed by atoms with Crippen LogP contribution in [0.3, 0.4) is 0 Å². The summed E-state index contributed by atoms with van der Waals surface area (Å²) in [5, 5.41) is 3.60. The van der Waals surface area contributed by atoms with Crippen LogP contribution in [0.25, 0.3) is 0 Å². The molecule has 1 saturated heterocycles. The van der Waals surface area contributed by atoms with Crippen molar-refractivity contribution in [2.24, 2.45) is 5.92 Å². The Morgan fingerprint density at radius 3 is 2.83 bits per heavy atom. The molecule has 0 aliphatic carbocycles. The van der Waals surface area contributed by atoms with Crippen LogP contribution in [0, 0.1) is 12.8 Å². The van der Waals surface area contributed by atoms with Crippen molar-refractivity contribution in [2.45, 2.75) is 39.3 Å². The van der Waals surface area contributed by atoms with E-state index in [1.54, 1.807) is 0 Å². The molecular formula is C16H26N2. The lowest BCUT2D eigenvalue weighted by Gasteiger charge is -2.26. The van der Waals surface area contributed by atoms with Crippen LogP contribution < -0.4 is 5.32 Å². The van der Waals surface area contributed by atoms with Crippen molar-refractivity contribution in [1.29, 1.82) is 0 Å². The average molecular weight is 246 g/mol. The fourth-order valence-electron chi connectivity index (χ4n) is 3.01. The molecule has 1 aliphatic rings. The molecule has 0 amide bonds. The minimum Gasteiger partial charge on any atom is -0.314 e. The van der Waals surface area contributed by atoms with E-state index in [2.05, 4.69) is 62.3 Å². The molecule has 2 atom stereocenters. The summed E-state index contributed by atoms with van der Waals surface area (Å²) >= 11 is 0. The highest BCUT2D eigenvalue weighted by molar-refractivity contribution is 5.26. The van der Waals surface area contributed by atoms with Crippen LogP contribution in [0.5, 0.6) is 0 Å². The topological polar surface area (TPSA) is 15.3 Å². The first kappa shape index (κ1) is 13.6. The molecule has 1 aliphatic heterocycles. The van der Waals surface area contributed by atoms with Crippen LogP contribution >= 0.6 is 0 Å². The van der Waals surface area contributed by atoms with Gasteiger partial charge < -0.3 is 5.32 Å². The highest BCUT2D eigenvalue weighted by Gasteiger charge is 2.32. The standard InChI is InChI=1S/C16H26N2/c1-12(2)17-11-15-8-9-18(4)16(15)14-7-5-6-13(3)10-14/h5-7,10,12,15-17H,8-9,11H2,1-4H3. The van der Waals surface area contributed by atoms with E-state index in [0.717, 1.165) is 12.5 Å². The number of nitrogens with one attached hydrogen (secondary N) is 1. The first-order valence-electron chi connectivity index (χ1n) is 7.08. The van der Waals surface area contributed by atoms with Gasteiger partial charge in [-0.2, -0.15) is 0 Å². The first-order valence-corrected chi connectivity index (χ1v) is 7.08. The molecule has 1 heterocycles. The van der Waals surface area contributed by atoms with Gasteiger partial charge in [-0.1, -0.05) is 43.7 Å². The van der Waals surface area contributed by atoms with E-state index >= 15 is 0 Å². The smallest absolute Gasteiger partial charge is 0.0385 e. The van der Waals surface area contributed by atoms with Gasteiger partial charge >= 0.3 is 0 Å². The van der Waals surface area contributed by atoms with E-state index in [4.69, 9.17) is 0 Å². The molecule has 1 aromatic rings. The zero-order chi connectivity index (χ0) is 13.1. The van der Waals surface area contributed by atoms with Gasteiger partial charge in [-0.3, -0.25) is 4.90 Å². The maximum Gasteiger partial charge on any atom is 0.0385 e. The summed E-state index contributed by atoms with van der Waals surface area (Å²) in [6, 6.07) is 10.1. The van der Waals surface area contributed by atoms with Crippen LogP contribution in [-0.2, 0) is 0 Å². The number of aryl methyl sites for hydroxylation is 1. The Morgan fingerprint density at radius 2 is 2.17 bits per heavy atom. The number of hydrogen-bond donors (Lipinski definition) is 1. The van der Waals surface area contributed by atoms with Gasteiger partial charge in [0, 0.05) is 18.6 Å². The Hall–Kier alpha value is -0.860. The Morgan fingerprint density at radius 1 is 1.39 bits per heavy atom. The fourth-order valence-corrected chi connectivity index (χ4v) is 3.01. The maximum atomic E-state index is 3.60. The van der Waals surface area contributed by atoms with Crippen molar-refractivity contribution in [3.8, 4) is 0 Å². The molecule has 0 aromatic heterocycles. The van der Waals surface area contributed by atoms with E-state index in [-0.39, 0.29) is 0 Å². The van der Waals surface area contributed by atoms with Gasteiger partial charge in [-0.15, -0.1) is 0 Å². The number of likely N-dealkylation sites (tertiary alicyclic amines) is 1. The highest BCUT2D eigenvalue weighted by atomic mass is 15.2. The van der Waals surface area contributed by atoms with Crippen molar-refractivity contribution < 1.29 is 0 Å². The molecule has 2 unspecified atom stereocenters. The molecule has 0 bridgehead atoms. The molecule has 2 nitrogen and oxygen atoms in total. The minimum absolute atomic E-state index is 0.578. The van der Waals surface area contributed by atoms with E-state index in [0.29, 0.717) is 12.1 Å². The Balaban J connectivity index is 2.12. The monoisotopic (exact) mass is 246 g/mol. The summed E-state index contributed by atoms with van der Waals surface area (Å²) in [5.41, 5.74) is 2.84. The molecule has 2 rings (SSSR count). The average Bonchev–Trinajstić information content (AvgIpc) is 2.68. The lowest BCUT2D eigenvalue weighted by Crippen LogP contribution is -2.32. The van der Waals surface area contributed by atoms with Gasteiger partial charge in [0.2, 0.25) is 0 Å². The maximum absolute atomic E-state index is 3.60. The molecule has 0 radical (unpaired) electrons. The van der Waals surface area contributed by atoms with Gasteiger partial charge in [-0.05, 0) is 38.4 Å². The SMILES string of the molecule is Cc1cccc(C2C(CNC(C)C)CCN2C)c1. The number of benzene rings is 1. The zero-order valence-corrected chi connectivity index (χ0v) is 12.1. The van der Waals surface area contributed by atoms with Crippen molar-refractivity contribution in [3.05, 3.63) is 35.4 Å². The third-order valence-electron chi connectivity index (χ3n) is 3.95. The fraction of sp³-hybridized carbons (Fsp3) is 0.625. The lowest BCUT2D eigenvalue weighted by atomic mass is 9.92. The normalized spacial score (nSPS) is 24.9. The minimum atomic E-state index is 0.578. The van der Waals surface area contributed by atoms with Crippen LogP contribution in [0.4, 0.5) is 0 Å². The Kier molecular flexibility index (Phi) is 4.41. The first-order chi connectivity index (χ1) is 8.58. The van der Waals surface area contributed by atoms with Crippen molar-refractivity contribution in [1.82, 2.24) is 10.2 Å². The second-order valence-corrected chi connectivity index (χ2v) is 5.95. The van der Waals surface area contributed by atoms with Crippen LogP contribution in [-0.4, -0.2) is 31.1 Å². The van der Waals surface area contributed by atoms with Crippen LogP contribution in [0.2, 0.25) is 0 Å². The van der Waals surface area contributed by atoms with Crippen LogP contribution in [0.15, 0.2) is 24.3 Å². The molecule has 1 N–H and O–H groups in total. The molecule has 1 aromatic carbocycles. The number of rotatable bonds is 4. The number of nitrogens with zero attached hydrogens (tertiary/aromatic N) is 1. The van der Waals surface area contributed by atoms with Crippen molar-refractivity contribution in [3.63, 3.8) is 0 Å². The third kappa shape index (κ3) is 3.12. The van der Waals surface area contributed by atoms with Crippen molar-refractivity contribution >= 4 is 0 Å². The highest BCUT2D eigenvalue weighted by Crippen LogP contribution is 2.35. The third-order valence-corrected chi connectivity index (χ3v) is 3.95. The summed E-state index contributed by atoms with van der Waals surface area (Å²) in [6.07, 6.45) is 1.30. The van der Waals surface area contributed by atoms with E-state index in [9.17, 15) is 0 Å². The summed E-state index contributed by atoms with van der Waals surface area (Å²) < 4.78 is 0. The summed E-state index contributed by atoms with van der Waals surface area (Å²) in [4.78, 5) is 2.50. The van der Waals surface area contributed by atoms with E-state index in [1.807, 2.05) is 0 Å². The molecule has 18 heavy (non-hydrogen) atoms. The Bertz CT molecular complexity index is 386. The summed E-state index contributed by atoms with van der Waals surface area (Å²) in [6.45, 7) is 8.96. The van der Waals surface area contributed by atoms with Gasteiger partial charge in [-0.25, -0.2) is 0 Å². The predicted octanol–water partition coefficient (Wildman–Crippen LogP) is 2.99. The second-order valence-electron chi connectivity index (χ2n) is 5.95. The summed E-state index contributed by atoms with van der Waals surface area (Å²) in [5.74, 6) is 0.735. The van der Waals surface area contributed by atoms with Gasteiger partial charge in [0.25, 0.3) is 0 Å². The van der Waals surface area contributed by atoms with E-state index < -0.39 is 0 Å². The van der Waals surface area contributed by atoms with Crippen LogP contribution in [0.1, 0.15) is 37.4 Å². The van der Waals surface area contributed by atoms with Gasteiger partial charge in [0.15, 0.2) is 0 Å². The molecule has 100 valence electrons. The van der Waals surface area contributed by atoms with Gasteiger partial charge in [0.05, 0.1) is 0 Å². The molecule has 1 fully saturated rings. The quantitative estimate of drug-likeness (QED) is 0.878. The Labute approximate surface area is 111 Å². The predicted molar refractivity (Wildman–Crippen MR) is 77.8 cm³/mol. The van der Waals surface area contributed by atoms with E-state index in [1.165, 1.54) is 24.1 Å². The van der Waals surface area contributed by atoms with Crippen molar-refractivity contribution in [2.75, 3.05) is 20.1 Å². The molecule has 0 spiro atoms. The molecular weight excluding hydrogens is 220 g/mol. The zero-order valence-electron chi connectivity index (χ0n) is 12.1. The second kappa shape index (κ2) is 5.85. The molecule has 0 saturated carbocycles.